The molecule has 6 rings (SSSR count). The van der Waals surface area contributed by atoms with Crippen molar-refractivity contribution in [1.82, 2.24) is 34.8 Å². The summed E-state index contributed by atoms with van der Waals surface area (Å²) in [5.74, 6) is -0.610. The van der Waals surface area contributed by atoms with E-state index < -0.39 is 6.04 Å². The number of aryl methyl sites for hydroxylation is 1. The minimum atomic E-state index is -0.998. The molecule has 3 aromatic rings. The predicted molar refractivity (Wildman–Crippen MR) is 164 cm³/mol. The third-order valence-corrected chi connectivity index (χ3v) is 9.18. The zero-order valence-corrected chi connectivity index (χ0v) is 25.9. The van der Waals surface area contributed by atoms with Crippen LogP contribution < -0.4 is 5.32 Å². The van der Waals surface area contributed by atoms with Gasteiger partial charge in [-0.25, -0.2) is 9.67 Å². The first-order valence-corrected chi connectivity index (χ1v) is 15.9. The van der Waals surface area contributed by atoms with Gasteiger partial charge >= 0.3 is 5.97 Å². The van der Waals surface area contributed by atoms with E-state index in [2.05, 4.69) is 25.2 Å². The summed E-state index contributed by atoms with van der Waals surface area (Å²) in [6.45, 7) is 6.04. The van der Waals surface area contributed by atoms with Crippen LogP contribution in [0.15, 0.2) is 60.8 Å². The third-order valence-electron chi connectivity index (χ3n) is 9.18. The summed E-state index contributed by atoms with van der Waals surface area (Å²) in [5.41, 5.74) is 2.86. The SMILES string of the molecule is CCOC(=O)CCCNC(=O)C(c1cn(-c2ccccc2C)nn1)N(CC1CC(n2ccnc2)C1)C(=O)C1=CC2(CCOC2)C1. The lowest BCUT2D eigenvalue weighted by atomic mass is 9.70. The molecule has 2 atom stereocenters. The highest BCUT2D eigenvalue weighted by Gasteiger charge is 2.46. The number of nitrogens with zero attached hydrogens (tertiary/aromatic N) is 6. The van der Waals surface area contributed by atoms with Gasteiger partial charge in [0.1, 0.15) is 5.69 Å². The standard InChI is InChI=1S/C33H41N7O5/c1-3-45-29(41)9-6-11-35-31(42)30(27-20-40(37-36-27)28-8-5-4-7-23(28)2)39(19-24-15-26(16-24)38-13-12-34-22-38)32(43)25-17-33(18-25)10-14-44-21-33/h4-5,7-8,12-13,17,20,22,24,26,30H,3,6,9-11,14-16,18-19,21H2,1-2H3,(H,35,42). The lowest BCUT2D eigenvalue weighted by Gasteiger charge is -2.43. The third kappa shape index (κ3) is 6.70. The van der Waals surface area contributed by atoms with Gasteiger partial charge in [0.2, 0.25) is 5.91 Å². The van der Waals surface area contributed by atoms with Gasteiger partial charge in [0, 0.05) is 55.5 Å². The highest BCUT2D eigenvalue weighted by molar-refractivity contribution is 5.98. The van der Waals surface area contributed by atoms with Gasteiger partial charge in [0.15, 0.2) is 6.04 Å². The Labute approximate surface area is 262 Å². The summed E-state index contributed by atoms with van der Waals surface area (Å²) in [6.07, 6.45) is 13.2. The van der Waals surface area contributed by atoms with Crippen LogP contribution in [0.1, 0.15) is 68.8 Å². The van der Waals surface area contributed by atoms with Crippen LogP contribution in [0.3, 0.4) is 0 Å². The number of carbonyl (C=O) groups is 3. The number of para-hydroxylation sites is 1. The number of imidazole rings is 1. The van der Waals surface area contributed by atoms with Crippen molar-refractivity contribution >= 4 is 17.8 Å². The van der Waals surface area contributed by atoms with Crippen LogP contribution in [-0.2, 0) is 23.9 Å². The molecule has 1 aromatic carbocycles. The van der Waals surface area contributed by atoms with E-state index in [4.69, 9.17) is 9.47 Å². The van der Waals surface area contributed by atoms with E-state index in [-0.39, 0.29) is 42.1 Å². The molecule has 238 valence electrons. The number of rotatable bonds is 13. The van der Waals surface area contributed by atoms with Crippen molar-refractivity contribution in [2.24, 2.45) is 11.3 Å². The number of carbonyl (C=O) groups excluding carboxylic acids is 3. The van der Waals surface area contributed by atoms with E-state index in [1.54, 1.807) is 28.9 Å². The summed E-state index contributed by atoms with van der Waals surface area (Å²) in [5, 5.41) is 11.8. The molecule has 0 radical (unpaired) electrons. The zero-order chi connectivity index (χ0) is 31.4. The summed E-state index contributed by atoms with van der Waals surface area (Å²) in [4.78, 5) is 46.1. The molecule has 12 nitrogen and oxygen atoms in total. The Kier molecular flexibility index (Phi) is 9.11. The van der Waals surface area contributed by atoms with Crippen LogP contribution in [0.5, 0.6) is 0 Å². The van der Waals surface area contributed by atoms with Gasteiger partial charge in [-0.1, -0.05) is 29.5 Å². The van der Waals surface area contributed by atoms with E-state index in [1.165, 1.54) is 0 Å². The molecule has 2 amide bonds. The number of amides is 2. The minimum Gasteiger partial charge on any atom is -0.466 e. The minimum absolute atomic E-state index is 0.0848. The summed E-state index contributed by atoms with van der Waals surface area (Å²) >= 11 is 0. The van der Waals surface area contributed by atoms with Crippen molar-refractivity contribution in [3.63, 3.8) is 0 Å². The molecule has 3 heterocycles. The van der Waals surface area contributed by atoms with Gasteiger partial charge in [0.05, 0.1) is 31.4 Å². The van der Waals surface area contributed by atoms with Crippen LogP contribution in [0, 0.1) is 18.3 Å². The van der Waals surface area contributed by atoms with Crippen LogP contribution in [0.4, 0.5) is 0 Å². The Morgan fingerprint density at radius 2 is 2.07 bits per heavy atom. The lowest BCUT2D eigenvalue weighted by molar-refractivity contribution is -0.143. The number of ether oxygens (including phenoxy) is 2. The first-order chi connectivity index (χ1) is 21.9. The topological polar surface area (TPSA) is 133 Å². The van der Waals surface area contributed by atoms with E-state index >= 15 is 0 Å². The van der Waals surface area contributed by atoms with Crippen molar-refractivity contribution in [2.45, 2.75) is 64.5 Å². The number of esters is 1. The Bertz CT molecular complexity index is 1540. The summed E-state index contributed by atoms with van der Waals surface area (Å²) < 4.78 is 14.4. The smallest absolute Gasteiger partial charge is 0.305 e. The van der Waals surface area contributed by atoms with Crippen molar-refractivity contribution in [3.8, 4) is 5.69 Å². The second-order valence-electron chi connectivity index (χ2n) is 12.4. The van der Waals surface area contributed by atoms with E-state index in [9.17, 15) is 14.4 Å². The van der Waals surface area contributed by atoms with Gasteiger partial charge in [-0.15, -0.1) is 5.10 Å². The molecule has 2 fully saturated rings. The second kappa shape index (κ2) is 13.4. The van der Waals surface area contributed by atoms with Gasteiger partial charge in [-0.2, -0.15) is 0 Å². The molecule has 1 saturated carbocycles. The molecule has 1 aliphatic heterocycles. The Morgan fingerprint density at radius 3 is 2.78 bits per heavy atom. The van der Waals surface area contributed by atoms with Gasteiger partial charge in [-0.05, 0) is 63.5 Å². The van der Waals surface area contributed by atoms with Crippen molar-refractivity contribution < 1.29 is 23.9 Å². The quantitative estimate of drug-likeness (QED) is 0.228. The fourth-order valence-corrected chi connectivity index (χ4v) is 6.63. The summed E-state index contributed by atoms with van der Waals surface area (Å²) in [7, 11) is 0. The number of benzene rings is 1. The number of aromatic nitrogens is 5. The van der Waals surface area contributed by atoms with Crippen molar-refractivity contribution in [3.05, 3.63) is 72.1 Å². The molecule has 45 heavy (non-hydrogen) atoms. The van der Waals surface area contributed by atoms with E-state index in [0.29, 0.717) is 56.5 Å². The predicted octanol–water partition coefficient (Wildman–Crippen LogP) is 3.49. The van der Waals surface area contributed by atoms with Crippen LogP contribution in [0.25, 0.3) is 5.69 Å². The van der Waals surface area contributed by atoms with E-state index in [1.807, 2.05) is 49.8 Å². The van der Waals surface area contributed by atoms with Crippen LogP contribution >= 0.6 is 0 Å². The Hall–Kier alpha value is -4.32. The highest BCUT2D eigenvalue weighted by Crippen LogP contribution is 2.47. The van der Waals surface area contributed by atoms with Gasteiger partial charge < -0.3 is 24.3 Å². The molecule has 1 N–H and O–H groups in total. The van der Waals surface area contributed by atoms with Crippen molar-refractivity contribution in [1.29, 1.82) is 0 Å². The van der Waals surface area contributed by atoms with Crippen LogP contribution in [0.2, 0.25) is 0 Å². The largest absolute Gasteiger partial charge is 0.466 e. The normalized spacial score (nSPS) is 22.7. The van der Waals surface area contributed by atoms with Crippen LogP contribution in [-0.4, -0.2) is 80.1 Å². The Morgan fingerprint density at radius 1 is 1.24 bits per heavy atom. The zero-order valence-electron chi connectivity index (χ0n) is 25.9. The molecule has 3 aliphatic rings. The summed E-state index contributed by atoms with van der Waals surface area (Å²) in [6, 6.07) is 7.11. The second-order valence-corrected chi connectivity index (χ2v) is 12.4. The molecule has 2 aliphatic carbocycles. The first kappa shape index (κ1) is 30.7. The fourth-order valence-electron chi connectivity index (χ4n) is 6.63. The maximum absolute atomic E-state index is 14.3. The maximum Gasteiger partial charge on any atom is 0.305 e. The fraction of sp³-hybridized carbons (Fsp3) is 0.515. The molecule has 0 bridgehead atoms. The van der Waals surface area contributed by atoms with Gasteiger partial charge in [-0.3, -0.25) is 14.4 Å². The van der Waals surface area contributed by atoms with Gasteiger partial charge in [0.25, 0.3) is 5.91 Å². The molecular weight excluding hydrogens is 574 g/mol. The number of hydrogen-bond donors (Lipinski definition) is 1. The molecule has 2 aromatic heterocycles. The Balaban J connectivity index is 1.27. The van der Waals surface area contributed by atoms with E-state index in [0.717, 1.165) is 30.5 Å². The average Bonchev–Trinajstić information content (AvgIpc) is 3.78. The molecule has 1 spiro atoms. The maximum atomic E-state index is 14.3. The lowest BCUT2D eigenvalue weighted by Crippen LogP contribution is -2.49. The highest BCUT2D eigenvalue weighted by atomic mass is 16.5. The number of nitrogens with one attached hydrogen (secondary N) is 1. The molecule has 12 heteroatoms. The average molecular weight is 616 g/mol. The molecule has 2 unspecified atom stereocenters. The molecule has 1 saturated heterocycles. The monoisotopic (exact) mass is 615 g/mol. The first-order valence-electron chi connectivity index (χ1n) is 15.9. The number of hydrogen-bond acceptors (Lipinski definition) is 8. The van der Waals surface area contributed by atoms with Crippen molar-refractivity contribution in [2.75, 3.05) is 32.9 Å². The molecular formula is C33H41N7O5.